The molecule has 3 aromatic rings. The van der Waals surface area contributed by atoms with Crippen LogP contribution in [0.3, 0.4) is 0 Å². The van der Waals surface area contributed by atoms with E-state index < -0.39 is 0 Å². The maximum atomic E-state index is 5.88. The summed E-state index contributed by atoms with van der Waals surface area (Å²) < 4.78 is 1.21. The summed E-state index contributed by atoms with van der Waals surface area (Å²) in [5, 5.41) is 6.15. The first kappa shape index (κ1) is 11.0. The Kier molecular flexibility index (Phi) is 3.01. The number of nitrogens with one attached hydrogen (secondary N) is 1. The standard InChI is InChI=1S/C12H9ClN2S2/c13-8-3-10(16-6-8)5-14-9-1-2-11-12(4-9)17-7-15-11/h1-4,6-7,14H,5H2. The van der Waals surface area contributed by atoms with Gasteiger partial charge in [-0.25, -0.2) is 4.98 Å². The van der Waals surface area contributed by atoms with E-state index in [1.165, 1.54) is 9.58 Å². The van der Waals surface area contributed by atoms with Crippen molar-refractivity contribution >= 4 is 50.2 Å². The molecule has 1 N–H and O–H groups in total. The summed E-state index contributed by atoms with van der Waals surface area (Å²) in [4.78, 5) is 5.49. The minimum atomic E-state index is 0.807. The van der Waals surface area contributed by atoms with Crippen LogP contribution in [0.4, 0.5) is 5.69 Å². The van der Waals surface area contributed by atoms with Crippen LogP contribution in [0, 0.1) is 0 Å². The first-order valence-corrected chi connectivity index (χ1v) is 7.25. The highest BCUT2D eigenvalue weighted by Crippen LogP contribution is 2.24. The van der Waals surface area contributed by atoms with E-state index in [1.807, 2.05) is 23.0 Å². The highest BCUT2D eigenvalue weighted by Gasteiger charge is 2.00. The van der Waals surface area contributed by atoms with E-state index in [0.29, 0.717) is 0 Å². The summed E-state index contributed by atoms with van der Waals surface area (Å²) >= 11 is 9.21. The van der Waals surface area contributed by atoms with Gasteiger partial charge < -0.3 is 5.32 Å². The molecule has 3 rings (SSSR count). The van der Waals surface area contributed by atoms with Gasteiger partial charge in [0.05, 0.1) is 20.7 Å². The van der Waals surface area contributed by atoms with Gasteiger partial charge in [0.25, 0.3) is 0 Å². The number of nitrogens with zero attached hydrogens (tertiary/aromatic N) is 1. The van der Waals surface area contributed by atoms with Crippen molar-refractivity contribution in [1.29, 1.82) is 0 Å². The maximum Gasteiger partial charge on any atom is 0.0813 e. The summed E-state index contributed by atoms with van der Waals surface area (Å²) in [6.07, 6.45) is 0. The highest BCUT2D eigenvalue weighted by molar-refractivity contribution is 7.16. The van der Waals surface area contributed by atoms with E-state index in [1.54, 1.807) is 22.7 Å². The quantitative estimate of drug-likeness (QED) is 0.757. The molecule has 0 saturated heterocycles. The average molecular weight is 281 g/mol. The van der Waals surface area contributed by atoms with Crippen LogP contribution in [-0.2, 0) is 6.54 Å². The van der Waals surface area contributed by atoms with Crippen LogP contribution in [0.25, 0.3) is 10.2 Å². The number of aromatic nitrogens is 1. The summed E-state index contributed by atoms with van der Waals surface area (Å²) in [5.41, 5.74) is 4.04. The zero-order chi connectivity index (χ0) is 11.7. The van der Waals surface area contributed by atoms with E-state index in [4.69, 9.17) is 11.6 Å². The van der Waals surface area contributed by atoms with Crippen LogP contribution in [-0.4, -0.2) is 4.98 Å². The average Bonchev–Trinajstić information content (AvgIpc) is 2.94. The number of fused-ring (bicyclic) bond motifs is 1. The second-order valence-electron chi connectivity index (χ2n) is 3.62. The number of rotatable bonds is 3. The predicted octanol–water partition coefficient (Wildman–Crippen LogP) is 4.62. The summed E-state index contributed by atoms with van der Waals surface area (Å²) in [6.45, 7) is 0.807. The minimum Gasteiger partial charge on any atom is -0.380 e. The number of halogens is 1. The van der Waals surface area contributed by atoms with Crippen molar-refractivity contribution in [2.45, 2.75) is 6.54 Å². The fourth-order valence-corrected chi connectivity index (χ4v) is 3.33. The lowest BCUT2D eigenvalue weighted by Crippen LogP contribution is -1.96. The highest BCUT2D eigenvalue weighted by atomic mass is 35.5. The summed E-state index contributed by atoms with van der Waals surface area (Å²) in [5.74, 6) is 0. The van der Waals surface area contributed by atoms with Gasteiger partial charge in [-0.3, -0.25) is 0 Å². The van der Waals surface area contributed by atoms with E-state index >= 15 is 0 Å². The second kappa shape index (κ2) is 4.64. The molecule has 0 radical (unpaired) electrons. The lowest BCUT2D eigenvalue weighted by Gasteiger charge is -2.04. The van der Waals surface area contributed by atoms with Crippen molar-refractivity contribution in [3.63, 3.8) is 0 Å². The number of benzene rings is 1. The zero-order valence-corrected chi connectivity index (χ0v) is 11.2. The molecule has 0 amide bonds. The summed E-state index contributed by atoms with van der Waals surface area (Å²) in [7, 11) is 0. The van der Waals surface area contributed by atoms with Crippen LogP contribution >= 0.6 is 34.3 Å². The van der Waals surface area contributed by atoms with Gasteiger partial charge >= 0.3 is 0 Å². The minimum absolute atomic E-state index is 0.807. The Morgan fingerprint density at radius 3 is 3.00 bits per heavy atom. The van der Waals surface area contributed by atoms with Crippen LogP contribution in [0.1, 0.15) is 4.88 Å². The topological polar surface area (TPSA) is 24.9 Å². The van der Waals surface area contributed by atoms with Crippen LogP contribution in [0.2, 0.25) is 5.02 Å². The molecule has 0 spiro atoms. The first-order valence-electron chi connectivity index (χ1n) is 5.11. The fourth-order valence-electron chi connectivity index (χ4n) is 1.60. The van der Waals surface area contributed by atoms with E-state index in [0.717, 1.165) is 22.8 Å². The smallest absolute Gasteiger partial charge is 0.0813 e. The molecule has 17 heavy (non-hydrogen) atoms. The Morgan fingerprint density at radius 2 is 2.18 bits per heavy atom. The Hall–Kier alpha value is -1.10. The molecule has 0 aliphatic heterocycles. The van der Waals surface area contributed by atoms with Crippen molar-refractivity contribution < 1.29 is 0 Å². The number of anilines is 1. The molecule has 0 unspecified atom stereocenters. The molecule has 2 aromatic heterocycles. The Balaban J connectivity index is 1.76. The summed E-state index contributed by atoms with van der Waals surface area (Å²) in [6, 6.07) is 8.21. The van der Waals surface area contributed by atoms with Crippen molar-refractivity contribution in [2.75, 3.05) is 5.32 Å². The van der Waals surface area contributed by atoms with Crippen molar-refractivity contribution in [3.05, 3.63) is 45.1 Å². The van der Waals surface area contributed by atoms with Gasteiger partial charge in [-0.2, -0.15) is 0 Å². The molecule has 0 fully saturated rings. The molecule has 86 valence electrons. The lowest BCUT2D eigenvalue weighted by atomic mass is 10.3. The number of thiazole rings is 1. The van der Waals surface area contributed by atoms with Gasteiger partial charge in [-0.1, -0.05) is 11.6 Å². The van der Waals surface area contributed by atoms with Gasteiger partial charge in [0.2, 0.25) is 0 Å². The first-order chi connectivity index (χ1) is 8.31. The van der Waals surface area contributed by atoms with Crippen molar-refractivity contribution in [1.82, 2.24) is 4.98 Å². The molecule has 2 heterocycles. The van der Waals surface area contributed by atoms with Crippen LogP contribution < -0.4 is 5.32 Å². The van der Waals surface area contributed by atoms with Gasteiger partial charge in [0, 0.05) is 22.5 Å². The third-order valence-electron chi connectivity index (χ3n) is 2.42. The van der Waals surface area contributed by atoms with E-state index in [9.17, 15) is 0 Å². The van der Waals surface area contributed by atoms with Crippen LogP contribution in [0.5, 0.6) is 0 Å². The van der Waals surface area contributed by atoms with Gasteiger partial charge in [-0.15, -0.1) is 22.7 Å². The molecular formula is C12H9ClN2S2. The molecule has 5 heteroatoms. The Morgan fingerprint density at radius 1 is 1.24 bits per heavy atom. The van der Waals surface area contributed by atoms with Gasteiger partial charge in [0.1, 0.15) is 0 Å². The van der Waals surface area contributed by atoms with Gasteiger partial charge in [-0.05, 0) is 24.3 Å². The maximum absolute atomic E-state index is 5.88. The second-order valence-corrected chi connectivity index (χ2v) is 5.94. The monoisotopic (exact) mass is 280 g/mol. The molecule has 1 aromatic carbocycles. The molecule has 0 bridgehead atoms. The number of thiophene rings is 1. The van der Waals surface area contributed by atoms with Gasteiger partial charge in [0.15, 0.2) is 0 Å². The fraction of sp³-hybridized carbons (Fsp3) is 0.0833. The number of hydrogen-bond acceptors (Lipinski definition) is 4. The zero-order valence-electron chi connectivity index (χ0n) is 8.81. The van der Waals surface area contributed by atoms with E-state index in [2.05, 4.69) is 22.4 Å². The Labute approximate surface area is 112 Å². The molecular weight excluding hydrogens is 272 g/mol. The third kappa shape index (κ3) is 2.44. The molecule has 0 aliphatic carbocycles. The number of hydrogen-bond donors (Lipinski definition) is 1. The molecule has 0 aliphatic rings. The molecule has 0 saturated carbocycles. The molecule has 0 atom stereocenters. The predicted molar refractivity (Wildman–Crippen MR) is 76.3 cm³/mol. The lowest BCUT2D eigenvalue weighted by molar-refractivity contribution is 1.20. The molecule has 2 nitrogen and oxygen atoms in total. The van der Waals surface area contributed by atoms with Crippen molar-refractivity contribution in [3.8, 4) is 0 Å². The SMILES string of the molecule is Clc1csc(CNc2ccc3ncsc3c2)c1. The largest absolute Gasteiger partial charge is 0.380 e. The van der Waals surface area contributed by atoms with E-state index in [-0.39, 0.29) is 0 Å². The van der Waals surface area contributed by atoms with Crippen LogP contribution in [0.15, 0.2) is 35.2 Å². The normalized spacial score (nSPS) is 10.9. The third-order valence-corrected chi connectivity index (χ3v) is 4.50. The van der Waals surface area contributed by atoms with Crippen molar-refractivity contribution in [2.24, 2.45) is 0 Å². The Bertz CT molecular complexity index is 645.